The van der Waals surface area contributed by atoms with Crippen molar-refractivity contribution in [3.05, 3.63) is 35.9 Å². The summed E-state index contributed by atoms with van der Waals surface area (Å²) in [7, 11) is 0. The second-order valence-electron chi connectivity index (χ2n) is 3.81. The van der Waals surface area contributed by atoms with Gasteiger partial charge in [-0.1, -0.05) is 49.0 Å². The first kappa shape index (κ1) is 13.0. The molecular weight excluding hydrogens is 246 g/mol. The van der Waals surface area contributed by atoms with E-state index in [-0.39, 0.29) is 0 Å². The average molecular weight is 263 g/mol. The number of aromatic nitrogens is 4. The molecule has 0 amide bonds. The quantitative estimate of drug-likeness (QED) is 0.607. The number of nitrogens with zero attached hydrogens (tertiary/aromatic N) is 4. The summed E-state index contributed by atoms with van der Waals surface area (Å²) in [6.07, 6.45) is 0. The summed E-state index contributed by atoms with van der Waals surface area (Å²) in [4.78, 5) is 0. The van der Waals surface area contributed by atoms with Crippen LogP contribution < -0.4 is 5.32 Å². The van der Waals surface area contributed by atoms with E-state index >= 15 is 0 Å². The van der Waals surface area contributed by atoms with E-state index < -0.39 is 0 Å². The molecule has 1 N–H and O–H groups in total. The summed E-state index contributed by atoms with van der Waals surface area (Å²) in [5.41, 5.74) is 1.28. The summed E-state index contributed by atoms with van der Waals surface area (Å²) >= 11 is 1.66. The topological polar surface area (TPSA) is 55.6 Å². The van der Waals surface area contributed by atoms with Crippen LogP contribution in [0.15, 0.2) is 35.5 Å². The number of thioether (sulfide) groups is 1. The maximum atomic E-state index is 4.05. The monoisotopic (exact) mass is 263 g/mol. The van der Waals surface area contributed by atoms with Gasteiger partial charge in [0.2, 0.25) is 5.16 Å². The number of benzene rings is 1. The number of hydrogen-bond donors (Lipinski definition) is 1. The van der Waals surface area contributed by atoms with Crippen molar-refractivity contribution in [3.63, 3.8) is 0 Å². The molecule has 0 atom stereocenters. The number of likely N-dealkylation sites (N-methyl/N-ethyl adjacent to an activating group) is 1. The van der Waals surface area contributed by atoms with Gasteiger partial charge in [-0.15, -0.1) is 5.10 Å². The highest BCUT2D eigenvalue weighted by molar-refractivity contribution is 7.98. The predicted molar refractivity (Wildman–Crippen MR) is 72.4 cm³/mol. The maximum Gasteiger partial charge on any atom is 0.209 e. The van der Waals surface area contributed by atoms with Gasteiger partial charge in [0, 0.05) is 12.3 Å². The minimum absolute atomic E-state index is 0.804. The summed E-state index contributed by atoms with van der Waals surface area (Å²) < 4.78 is 1.84. The largest absolute Gasteiger partial charge is 0.315 e. The van der Waals surface area contributed by atoms with Crippen LogP contribution in [0.3, 0.4) is 0 Å². The van der Waals surface area contributed by atoms with E-state index in [2.05, 4.69) is 39.9 Å². The fourth-order valence-corrected chi connectivity index (χ4v) is 2.38. The molecule has 0 fully saturated rings. The molecule has 6 heteroatoms. The van der Waals surface area contributed by atoms with Crippen molar-refractivity contribution in [3.8, 4) is 0 Å². The zero-order valence-corrected chi connectivity index (χ0v) is 11.2. The molecule has 0 saturated heterocycles. The molecule has 96 valence electrons. The minimum atomic E-state index is 0.804. The Morgan fingerprint density at radius 3 is 2.89 bits per heavy atom. The van der Waals surface area contributed by atoms with E-state index in [4.69, 9.17) is 0 Å². The Kier molecular flexibility index (Phi) is 5.16. The highest BCUT2D eigenvalue weighted by Crippen LogP contribution is 2.19. The molecule has 5 nitrogen and oxygen atoms in total. The fourth-order valence-electron chi connectivity index (χ4n) is 1.52. The Hall–Kier alpha value is -1.40. The fraction of sp³-hybridized carbons (Fsp3) is 0.417. The first-order valence-electron chi connectivity index (χ1n) is 6.03. The van der Waals surface area contributed by atoms with Crippen LogP contribution in [-0.4, -0.2) is 33.3 Å². The molecule has 2 rings (SSSR count). The smallest absolute Gasteiger partial charge is 0.209 e. The number of rotatable bonds is 7. The Bertz CT molecular complexity index is 457. The number of tetrazole rings is 1. The van der Waals surface area contributed by atoms with Crippen LogP contribution in [0.25, 0.3) is 0 Å². The second-order valence-corrected chi connectivity index (χ2v) is 4.75. The third kappa shape index (κ3) is 3.82. The molecule has 0 bridgehead atoms. The molecule has 0 aliphatic heterocycles. The van der Waals surface area contributed by atoms with Gasteiger partial charge in [0.25, 0.3) is 0 Å². The highest BCUT2D eigenvalue weighted by atomic mass is 32.2. The Morgan fingerprint density at radius 1 is 1.28 bits per heavy atom. The summed E-state index contributed by atoms with van der Waals surface area (Å²) in [6, 6.07) is 10.3. The molecule has 1 heterocycles. The second kappa shape index (κ2) is 7.13. The van der Waals surface area contributed by atoms with Crippen molar-refractivity contribution < 1.29 is 0 Å². The van der Waals surface area contributed by atoms with Crippen molar-refractivity contribution in [2.45, 2.75) is 24.4 Å². The summed E-state index contributed by atoms with van der Waals surface area (Å²) in [5, 5.41) is 15.9. The Labute approximate surface area is 111 Å². The molecule has 0 saturated carbocycles. The molecule has 1 aromatic heterocycles. The van der Waals surface area contributed by atoms with E-state index in [1.807, 2.05) is 22.9 Å². The van der Waals surface area contributed by atoms with E-state index in [0.29, 0.717) is 0 Å². The van der Waals surface area contributed by atoms with Gasteiger partial charge in [0.05, 0.1) is 6.54 Å². The van der Waals surface area contributed by atoms with Crippen molar-refractivity contribution in [1.29, 1.82) is 0 Å². The van der Waals surface area contributed by atoms with Crippen molar-refractivity contribution in [2.75, 3.05) is 13.1 Å². The van der Waals surface area contributed by atoms with E-state index in [0.717, 1.165) is 30.5 Å². The third-order valence-electron chi connectivity index (χ3n) is 2.46. The van der Waals surface area contributed by atoms with Crippen LogP contribution in [0, 0.1) is 0 Å². The number of hydrogen-bond acceptors (Lipinski definition) is 5. The average Bonchev–Trinajstić information content (AvgIpc) is 2.86. The van der Waals surface area contributed by atoms with Crippen LogP contribution >= 0.6 is 11.8 Å². The lowest BCUT2D eigenvalue weighted by atomic mass is 10.2. The molecule has 0 unspecified atom stereocenters. The van der Waals surface area contributed by atoms with Crippen molar-refractivity contribution >= 4 is 11.8 Å². The highest BCUT2D eigenvalue weighted by Gasteiger charge is 2.06. The lowest BCUT2D eigenvalue weighted by molar-refractivity contribution is 0.517. The van der Waals surface area contributed by atoms with Crippen LogP contribution in [0.2, 0.25) is 0 Å². The number of nitrogens with one attached hydrogen (secondary N) is 1. The van der Waals surface area contributed by atoms with Crippen molar-refractivity contribution in [2.24, 2.45) is 0 Å². The van der Waals surface area contributed by atoms with Crippen LogP contribution in [0.5, 0.6) is 0 Å². The Balaban J connectivity index is 1.87. The molecule has 0 aliphatic rings. The van der Waals surface area contributed by atoms with Gasteiger partial charge in [-0.2, -0.15) is 0 Å². The van der Waals surface area contributed by atoms with Crippen LogP contribution in [0.4, 0.5) is 0 Å². The minimum Gasteiger partial charge on any atom is -0.315 e. The van der Waals surface area contributed by atoms with Gasteiger partial charge in [-0.25, -0.2) is 4.68 Å². The SMILES string of the molecule is CCNCCn1nnnc1SCc1ccccc1. The molecule has 0 aliphatic carbocycles. The molecule has 0 radical (unpaired) electrons. The maximum absolute atomic E-state index is 4.05. The zero-order chi connectivity index (χ0) is 12.6. The van der Waals surface area contributed by atoms with Gasteiger partial charge >= 0.3 is 0 Å². The Morgan fingerprint density at radius 2 is 2.11 bits per heavy atom. The molecule has 0 spiro atoms. The molecule has 1 aromatic carbocycles. The van der Waals surface area contributed by atoms with Gasteiger partial charge in [-0.3, -0.25) is 0 Å². The van der Waals surface area contributed by atoms with Gasteiger partial charge in [-0.05, 0) is 22.5 Å². The van der Waals surface area contributed by atoms with Crippen LogP contribution in [-0.2, 0) is 12.3 Å². The van der Waals surface area contributed by atoms with Gasteiger partial charge < -0.3 is 5.32 Å². The molecule has 2 aromatic rings. The standard InChI is InChI=1S/C12H17N5S/c1-2-13-8-9-17-12(14-15-16-17)18-10-11-6-4-3-5-7-11/h3-7,13H,2,8-10H2,1H3. The first-order valence-corrected chi connectivity index (χ1v) is 7.02. The molecule has 18 heavy (non-hydrogen) atoms. The first-order chi connectivity index (χ1) is 8.90. The lowest BCUT2D eigenvalue weighted by Gasteiger charge is -2.04. The molecular formula is C12H17N5S. The zero-order valence-electron chi connectivity index (χ0n) is 10.4. The van der Waals surface area contributed by atoms with E-state index in [1.165, 1.54) is 5.56 Å². The van der Waals surface area contributed by atoms with Crippen LogP contribution in [0.1, 0.15) is 12.5 Å². The summed E-state index contributed by atoms with van der Waals surface area (Å²) in [5.74, 6) is 0.891. The van der Waals surface area contributed by atoms with Gasteiger partial charge in [0.1, 0.15) is 0 Å². The van der Waals surface area contributed by atoms with E-state index in [1.54, 1.807) is 11.8 Å². The normalized spacial score (nSPS) is 10.7. The third-order valence-corrected chi connectivity index (χ3v) is 3.49. The van der Waals surface area contributed by atoms with Gasteiger partial charge in [0.15, 0.2) is 0 Å². The summed E-state index contributed by atoms with van der Waals surface area (Å²) in [6.45, 7) is 4.75. The van der Waals surface area contributed by atoms with Crippen molar-refractivity contribution in [1.82, 2.24) is 25.5 Å². The predicted octanol–water partition coefficient (Wildman–Crippen LogP) is 1.57. The van der Waals surface area contributed by atoms with E-state index in [9.17, 15) is 0 Å². The lowest BCUT2D eigenvalue weighted by Crippen LogP contribution is -2.20.